The standard InChI is InChI=1S/C23H25N3O/c24-15-23(8-3-9-23)22(27)26-19-6-7-20(26)12-16(11-19)10-18-14-25-13-17-4-1-2-5-21(17)18/h1-2,4-5,13-14,16,19-20H,3,6-12H2. The maximum Gasteiger partial charge on any atom is 0.243 e. The van der Waals surface area contributed by atoms with Crippen molar-refractivity contribution in [2.75, 3.05) is 0 Å². The third-order valence-electron chi connectivity index (χ3n) is 7.16. The summed E-state index contributed by atoms with van der Waals surface area (Å²) in [4.78, 5) is 19.7. The molecule has 3 fully saturated rings. The van der Waals surface area contributed by atoms with Gasteiger partial charge in [0.1, 0.15) is 5.41 Å². The van der Waals surface area contributed by atoms with Crippen LogP contribution in [-0.4, -0.2) is 27.9 Å². The minimum atomic E-state index is -0.701. The molecule has 0 N–H and O–H groups in total. The molecule has 2 aromatic rings. The van der Waals surface area contributed by atoms with Crippen LogP contribution in [0.1, 0.15) is 50.5 Å². The highest BCUT2D eigenvalue weighted by Gasteiger charge is 2.52. The SMILES string of the molecule is N#CC1(C(=O)N2C3CCC2CC(Cc2cncc4ccccc24)C3)CCC1. The van der Waals surface area contributed by atoms with E-state index in [2.05, 4.69) is 40.2 Å². The lowest BCUT2D eigenvalue weighted by Gasteiger charge is -2.45. The second-order valence-electron chi connectivity index (χ2n) is 8.71. The number of nitrogens with zero attached hydrogens (tertiary/aromatic N) is 3. The average Bonchev–Trinajstić information content (AvgIpc) is 2.92. The molecule has 2 aliphatic heterocycles. The van der Waals surface area contributed by atoms with Gasteiger partial charge in [-0.05, 0) is 68.2 Å². The molecule has 5 rings (SSSR count). The lowest BCUT2D eigenvalue weighted by atomic mass is 9.68. The summed E-state index contributed by atoms with van der Waals surface area (Å²) in [5.74, 6) is 0.729. The lowest BCUT2D eigenvalue weighted by Crippen LogP contribution is -2.54. The van der Waals surface area contributed by atoms with Gasteiger partial charge in [0.25, 0.3) is 0 Å². The van der Waals surface area contributed by atoms with E-state index in [0.29, 0.717) is 18.0 Å². The van der Waals surface area contributed by atoms with E-state index in [1.807, 2.05) is 12.4 Å². The largest absolute Gasteiger partial charge is 0.335 e. The van der Waals surface area contributed by atoms with Gasteiger partial charge in [-0.15, -0.1) is 0 Å². The summed E-state index contributed by atoms with van der Waals surface area (Å²) in [6, 6.07) is 11.5. The quantitative estimate of drug-likeness (QED) is 0.823. The van der Waals surface area contributed by atoms with E-state index in [-0.39, 0.29) is 5.91 Å². The van der Waals surface area contributed by atoms with Crippen molar-refractivity contribution in [3.05, 3.63) is 42.2 Å². The van der Waals surface area contributed by atoms with E-state index in [9.17, 15) is 10.1 Å². The van der Waals surface area contributed by atoms with E-state index in [0.717, 1.165) is 51.4 Å². The van der Waals surface area contributed by atoms with Gasteiger partial charge in [0.2, 0.25) is 5.91 Å². The second-order valence-corrected chi connectivity index (χ2v) is 8.71. The molecule has 3 heterocycles. The summed E-state index contributed by atoms with van der Waals surface area (Å²) in [5.41, 5.74) is 0.623. The maximum absolute atomic E-state index is 13.1. The molecule has 2 unspecified atom stereocenters. The van der Waals surface area contributed by atoms with Gasteiger partial charge in [0, 0.05) is 29.9 Å². The Morgan fingerprint density at radius 1 is 1.19 bits per heavy atom. The van der Waals surface area contributed by atoms with Crippen LogP contribution in [0.25, 0.3) is 10.8 Å². The summed E-state index contributed by atoms with van der Waals surface area (Å²) in [6.07, 6.45) is 11.8. The van der Waals surface area contributed by atoms with E-state index >= 15 is 0 Å². The fourth-order valence-corrected chi connectivity index (χ4v) is 5.59. The third-order valence-corrected chi connectivity index (χ3v) is 7.16. The second kappa shape index (κ2) is 6.34. The van der Waals surface area contributed by atoms with Crippen molar-refractivity contribution >= 4 is 16.7 Å². The van der Waals surface area contributed by atoms with E-state index in [1.165, 1.54) is 16.3 Å². The fraction of sp³-hybridized carbons (Fsp3) is 0.522. The number of fused-ring (bicyclic) bond motifs is 3. The molecule has 3 aliphatic rings. The first kappa shape index (κ1) is 16.7. The number of carbonyl (C=O) groups excluding carboxylic acids is 1. The monoisotopic (exact) mass is 359 g/mol. The summed E-state index contributed by atoms with van der Waals surface area (Å²) >= 11 is 0. The van der Waals surface area contributed by atoms with Crippen molar-refractivity contribution < 1.29 is 4.79 Å². The van der Waals surface area contributed by atoms with E-state index in [4.69, 9.17) is 0 Å². The highest BCUT2D eigenvalue weighted by Crippen LogP contribution is 2.47. The van der Waals surface area contributed by atoms with Crippen LogP contribution < -0.4 is 0 Å². The molecule has 0 radical (unpaired) electrons. The number of hydrogen-bond acceptors (Lipinski definition) is 3. The molecule has 1 amide bonds. The van der Waals surface area contributed by atoms with Crippen molar-refractivity contribution in [1.29, 1.82) is 5.26 Å². The van der Waals surface area contributed by atoms with Crippen molar-refractivity contribution in [2.24, 2.45) is 11.3 Å². The first-order valence-corrected chi connectivity index (χ1v) is 10.3. The molecule has 1 aromatic carbocycles. The number of benzene rings is 1. The molecule has 4 heteroatoms. The van der Waals surface area contributed by atoms with Crippen LogP contribution in [0.4, 0.5) is 0 Å². The predicted molar refractivity (Wildman–Crippen MR) is 104 cm³/mol. The molecule has 1 saturated carbocycles. The van der Waals surface area contributed by atoms with Gasteiger partial charge in [-0.25, -0.2) is 0 Å². The van der Waals surface area contributed by atoms with Gasteiger partial charge >= 0.3 is 0 Å². The maximum atomic E-state index is 13.1. The first-order chi connectivity index (χ1) is 13.2. The van der Waals surface area contributed by atoms with Gasteiger partial charge in [-0.2, -0.15) is 5.26 Å². The molecule has 2 saturated heterocycles. The first-order valence-electron chi connectivity index (χ1n) is 10.3. The van der Waals surface area contributed by atoms with Gasteiger partial charge in [0.05, 0.1) is 6.07 Å². The normalized spacial score (nSPS) is 28.6. The van der Waals surface area contributed by atoms with Gasteiger partial charge in [-0.1, -0.05) is 24.3 Å². The van der Waals surface area contributed by atoms with Crippen molar-refractivity contribution in [2.45, 2.75) is 63.5 Å². The smallest absolute Gasteiger partial charge is 0.243 e. The van der Waals surface area contributed by atoms with Crippen molar-refractivity contribution in [1.82, 2.24) is 9.88 Å². The minimum Gasteiger partial charge on any atom is -0.335 e. The Hall–Kier alpha value is -2.41. The Kier molecular flexibility index (Phi) is 3.93. The Morgan fingerprint density at radius 3 is 2.59 bits per heavy atom. The number of piperidine rings is 1. The van der Waals surface area contributed by atoms with Crippen LogP contribution in [0.15, 0.2) is 36.7 Å². The molecular formula is C23H25N3O. The van der Waals surface area contributed by atoms with Gasteiger partial charge < -0.3 is 4.90 Å². The van der Waals surface area contributed by atoms with Gasteiger partial charge in [-0.3, -0.25) is 9.78 Å². The zero-order valence-corrected chi connectivity index (χ0v) is 15.6. The highest BCUT2D eigenvalue weighted by atomic mass is 16.2. The highest BCUT2D eigenvalue weighted by molar-refractivity contribution is 5.87. The number of hydrogen-bond donors (Lipinski definition) is 0. The molecule has 4 nitrogen and oxygen atoms in total. The molecular weight excluding hydrogens is 334 g/mol. The Morgan fingerprint density at radius 2 is 1.93 bits per heavy atom. The Bertz CT molecular complexity index is 907. The molecule has 2 atom stereocenters. The molecule has 0 spiro atoms. The topological polar surface area (TPSA) is 57.0 Å². The zero-order valence-electron chi connectivity index (χ0n) is 15.6. The van der Waals surface area contributed by atoms with Crippen LogP contribution >= 0.6 is 0 Å². The molecule has 1 aromatic heterocycles. The molecule has 138 valence electrons. The summed E-state index contributed by atoms with van der Waals surface area (Å²) in [7, 11) is 0. The number of amides is 1. The van der Waals surface area contributed by atoms with Crippen LogP contribution in [0, 0.1) is 22.7 Å². The number of nitriles is 1. The number of rotatable bonds is 3. The van der Waals surface area contributed by atoms with Crippen LogP contribution in [0.3, 0.4) is 0 Å². The van der Waals surface area contributed by atoms with E-state index < -0.39 is 5.41 Å². The van der Waals surface area contributed by atoms with Crippen molar-refractivity contribution in [3.8, 4) is 6.07 Å². The van der Waals surface area contributed by atoms with Gasteiger partial charge in [0.15, 0.2) is 0 Å². The summed E-state index contributed by atoms with van der Waals surface area (Å²) in [5, 5.41) is 12.1. The molecule has 27 heavy (non-hydrogen) atoms. The molecule has 1 aliphatic carbocycles. The number of pyridine rings is 1. The minimum absolute atomic E-state index is 0.133. The Labute approximate surface area is 160 Å². The summed E-state index contributed by atoms with van der Waals surface area (Å²) in [6.45, 7) is 0. The van der Waals surface area contributed by atoms with Crippen molar-refractivity contribution in [3.63, 3.8) is 0 Å². The fourth-order valence-electron chi connectivity index (χ4n) is 5.59. The number of aromatic nitrogens is 1. The van der Waals surface area contributed by atoms with Crippen LogP contribution in [-0.2, 0) is 11.2 Å². The predicted octanol–water partition coefficient (Wildman–Crippen LogP) is 4.24. The third kappa shape index (κ3) is 2.64. The lowest BCUT2D eigenvalue weighted by molar-refractivity contribution is -0.148. The van der Waals surface area contributed by atoms with E-state index in [1.54, 1.807) is 0 Å². The van der Waals surface area contributed by atoms with Crippen LogP contribution in [0.2, 0.25) is 0 Å². The molecule has 2 bridgehead atoms. The average molecular weight is 359 g/mol. The number of carbonyl (C=O) groups is 1. The zero-order chi connectivity index (χ0) is 18.4. The summed E-state index contributed by atoms with van der Waals surface area (Å²) < 4.78 is 0. The Balaban J connectivity index is 1.34. The van der Waals surface area contributed by atoms with Crippen LogP contribution in [0.5, 0.6) is 0 Å².